The lowest BCUT2D eigenvalue weighted by molar-refractivity contribution is 0.622. The van der Waals surface area contributed by atoms with Crippen molar-refractivity contribution in [2.45, 2.75) is 6.42 Å². The zero-order chi connectivity index (χ0) is 10.7. The van der Waals surface area contributed by atoms with Crippen LogP contribution in [-0.2, 0) is 6.42 Å². The van der Waals surface area contributed by atoms with E-state index in [0.717, 1.165) is 11.2 Å². The molecule has 0 amide bonds. The Labute approximate surface area is 89.9 Å². The van der Waals surface area contributed by atoms with Crippen molar-refractivity contribution < 1.29 is 4.39 Å². The van der Waals surface area contributed by atoms with Crippen LogP contribution in [0, 0.1) is 17.1 Å². The van der Waals surface area contributed by atoms with Crippen molar-refractivity contribution in [2.24, 2.45) is 0 Å². The SMILES string of the molecule is N#CCc1nc(-c2cncc(F)c2)cs1. The molecule has 2 rings (SSSR count). The van der Waals surface area contributed by atoms with Gasteiger partial charge in [0.2, 0.25) is 0 Å². The Hall–Kier alpha value is -1.80. The molecule has 15 heavy (non-hydrogen) atoms. The van der Waals surface area contributed by atoms with Crippen molar-refractivity contribution >= 4 is 11.3 Å². The van der Waals surface area contributed by atoms with Crippen molar-refractivity contribution in [2.75, 3.05) is 0 Å². The number of pyridine rings is 1. The summed E-state index contributed by atoms with van der Waals surface area (Å²) in [5.74, 6) is -0.387. The second-order valence-corrected chi connectivity index (χ2v) is 3.80. The molecule has 0 N–H and O–H groups in total. The van der Waals surface area contributed by atoms with Gasteiger partial charge in [-0.25, -0.2) is 9.37 Å². The second-order valence-electron chi connectivity index (χ2n) is 2.85. The molecule has 2 heterocycles. The third kappa shape index (κ3) is 2.17. The number of halogens is 1. The standard InChI is InChI=1S/C10H6FN3S/c11-8-3-7(4-13-5-8)9-6-15-10(14-9)1-2-12/h3-6H,1H2. The minimum Gasteiger partial charge on any atom is -0.261 e. The molecular weight excluding hydrogens is 213 g/mol. The van der Waals surface area contributed by atoms with Crippen molar-refractivity contribution in [1.29, 1.82) is 5.26 Å². The van der Waals surface area contributed by atoms with Crippen LogP contribution < -0.4 is 0 Å². The van der Waals surface area contributed by atoms with Crippen LogP contribution in [0.3, 0.4) is 0 Å². The van der Waals surface area contributed by atoms with Gasteiger partial charge in [-0.05, 0) is 6.07 Å². The van der Waals surface area contributed by atoms with Crippen molar-refractivity contribution in [3.8, 4) is 17.3 Å². The van der Waals surface area contributed by atoms with E-state index in [2.05, 4.69) is 9.97 Å². The number of aromatic nitrogens is 2. The third-order valence-electron chi connectivity index (χ3n) is 1.78. The fourth-order valence-electron chi connectivity index (χ4n) is 1.14. The summed E-state index contributed by atoms with van der Waals surface area (Å²) >= 11 is 1.39. The van der Waals surface area contributed by atoms with Crippen LogP contribution >= 0.6 is 11.3 Å². The number of hydrogen-bond donors (Lipinski definition) is 0. The first kappa shape index (κ1) is 9.74. The first-order valence-electron chi connectivity index (χ1n) is 4.22. The topological polar surface area (TPSA) is 49.6 Å². The Morgan fingerprint density at radius 3 is 3.07 bits per heavy atom. The van der Waals surface area contributed by atoms with Crippen molar-refractivity contribution in [1.82, 2.24) is 9.97 Å². The van der Waals surface area contributed by atoms with E-state index < -0.39 is 0 Å². The summed E-state index contributed by atoms with van der Waals surface area (Å²) in [5.41, 5.74) is 1.30. The molecule has 2 aromatic rings. The van der Waals surface area contributed by atoms with E-state index in [1.54, 1.807) is 11.6 Å². The van der Waals surface area contributed by atoms with Crippen LogP contribution in [0.1, 0.15) is 5.01 Å². The van der Waals surface area contributed by atoms with Crippen LogP contribution in [0.5, 0.6) is 0 Å². The van der Waals surface area contributed by atoms with E-state index in [0.29, 0.717) is 11.3 Å². The molecule has 0 radical (unpaired) electrons. The molecule has 74 valence electrons. The van der Waals surface area contributed by atoms with Gasteiger partial charge in [0.05, 0.1) is 24.4 Å². The number of hydrogen-bond acceptors (Lipinski definition) is 4. The molecule has 0 unspecified atom stereocenters. The second kappa shape index (κ2) is 4.15. The van der Waals surface area contributed by atoms with E-state index in [1.165, 1.54) is 17.4 Å². The summed E-state index contributed by atoms with van der Waals surface area (Å²) in [7, 11) is 0. The third-order valence-corrected chi connectivity index (χ3v) is 2.63. The van der Waals surface area contributed by atoms with Gasteiger partial charge < -0.3 is 0 Å². The predicted octanol–water partition coefficient (Wildman–Crippen LogP) is 2.41. The molecule has 3 nitrogen and oxygen atoms in total. The number of nitrogens with zero attached hydrogens (tertiary/aromatic N) is 3. The van der Waals surface area contributed by atoms with Gasteiger partial charge in [-0.2, -0.15) is 5.26 Å². The molecule has 0 bridgehead atoms. The maximum atomic E-state index is 12.9. The molecule has 0 aromatic carbocycles. The van der Waals surface area contributed by atoms with Gasteiger partial charge in [0, 0.05) is 17.1 Å². The van der Waals surface area contributed by atoms with Crippen molar-refractivity contribution in [3.05, 3.63) is 34.7 Å². The first-order valence-corrected chi connectivity index (χ1v) is 5.10. The molecule has 0 spiro atoms. The minimum atomic E-state index is -0.387. The summed E-state index contributed by atoms with van der Waals surface area (Å²) in [5, 5.41) is 11.0. The predicted molar refractivity (Wildman–Crippen MR) is 54.6 cm³/mol. The molecule has 5 heteroatoms. The summed E-state index contributed by atoms with van der Waals surface area (Å²) in [6, 6.07) is 3.39. The molecule has 0 aliphatic heterocycles. The van der Waals surface area contributed by atoms with E-state index >= 15 is 0 Å². The van der Waals surface area contributed by atoms with Crippen LogP contribution in [0.25, 0.3) is 11.3 Å². The fraction of sp³-hybridized carbons (Fsp3) is 0.100. The molecule has 0 fully saturated rings. The highest BCUT2D eigenvalue weighted by molar-refractivity contribution is 7.10. The highest BCUT2D eigenvalue weighted by Crippen LogP contribution is 2.21. The number of nitriles is 1. The maximum absolute atomic E-state index is 12.9. The van der Waals surface area contributed by atoms with Gasteiger partial charge in [-0.15, -0.1) is 11.3 Å². The van der Waals surface area contributed by atoms with Gasteiger partial charge in [0.15, 0.2) is 0 Å². The lowest BCUT2D eigenvalue weighted by Crippen LogP contribution is -1.84. The lowest BCUT2D eigenvalue weighted by Gasteiger charge is -1.94. The van der Waals surface area contributed by atoms with Crippen LogP contribution in [0.15, 0.2) is 23.8 Å². The Kier molecular flexibility index (Phi) is 2.70. The largest absolute Gasteiger partial charge is 0.261 e. The van der Waals surface area contributed by atoms with E-state index in [-0.39, 0.29) is 12.2 Å². The average Bonchev–Trinajstić information content (AvgIpc) is 2.67. The van der Waals surface area contributed by atoms with Crippen LogP contribution in [0.4, 0.5) is 4.39 Å². The molecule has 2 aromatic heterocycles. The Morgan fingerprint density at radius 2 is 2.33 bits per heavy atom. The summed E-state index contributed by atoms with van der Waals surface area (Å²) < 4.78 is 12.9. The van der Waals surface area contributed by atoms with Crippen LogP contribution in [-0.4, -0.2) is 9.97 Å². The van der Waals surface area contributed by atoms with E-state index in [9.17, 15) is 4.39 Å². The molecule has 0 saturated heterocycles. The lowest BCUT2D eigenvalue weighted by atomic mass is 10.2. The Bertz CT molecular complexity index is 515. The normalized spacial score (nSPS) is 9.87. The average molecular weight is 219 g/mol. The zero-order valence-electron chi connectivity index (χ0n) is 7.64. The van der Waals surface area contributed by atoms with Gasteiger partial charge in [0.1, 0.15) is 10.8 Å². The van der Waals surface area contributed by atoms with Gasteiger partial charge in [-0.1, -0.05) is 0 Å². The molecule has 0 aliphatic rings. The Balaban J connectivity index is 2.34. The number of rotatable bonds is 2. The van der Waals surface area contributed by atoms with E-state index in [4.69, 9.17) is 5.26 Å². The zero-order valence-corrected chi connectivity index (χ0v) is 8.46. The molecule has 0 saturated carbocycles. The van der Waals surface area contributed by atoms with E-state index in [1.807, 2.05) is 6.07 Å². The summed E-state index contributed by atoms with van der Waals surface area (Å²) in [6.45, 7) is 0. The smallest absolute Gasteiger partial charge is 0.142 e. The first-order chi connectivity index (χ1) is 7.29. The Morgan fingerprint density at radius 1 is 1.47 bits per heavy atom. The monoisotopic (exact) mass is 219 g/mol. The number of thiazole rings is 1. The quantitative estimate of drug-likeness (QED) is 0.779. The maximum Gasteiger partial charge on any atom is 0.142 e. The summed E-state index contributed by atoms with van der Waals surface area (Å²) in [6.07, 6.45) is 2.98. The highest BCUT2D eigenvalue weighted by atomic mass is 32.1. The van der Waals surface area contributed by atoms with Crippen molar-refractivity contribution in [3.63, 3.8) is 0 Å². The minimum absolute atomic E-state index is 0.285. The van der Waals surface area contributed by atoms with Gasteiger partial charge in [0.25, 0.3) is 0 Å². The molecule has 0 aliphatic carbocycles. The molecular formula is C10H6FN3S. The summed E-state index contributed by atoms with van der Waals surface area (Å²) in [4.78, 5) is 7.94. The highest BCUT2D eigenvalue weighted by Gasteiger charge is 2.05. The van der Waals surface area contributed by atoms with Gasteiger partial charge in [-0.3, -0.25) is 4.98 Å². The fourth-order valence-corrected chi connectivity index (χ4v) is 1.88. The van der Waals surface area contributed by atoms with Gasteiger partial charge >= 0.3 is 0 Å². The molecule has 0 atom stereocenters. The van der Waals surface area contributed by atoms with Crippen LogP contribution in [0.2, 0.25) is 0 Å².